The second-order valence-electron chi connectivity index (χ2n) is 5.14. The van der Waals surface area contributed by atoms with E-state index >= 15 is 0 Å². The van der Waals surface area contributed by atoms with Gasteiger partial charge in [0.05, 0.1) is 5.69 Å². The van der Waals surface area contributed by atoms with Crippen LogP contribution in [0.1, 0.15) is 36.0 Å². The first kappa shape index (κ1) is 14.9. The number of fused-ring (bicyclic) bond motifs is 1. The average Bonchev–Trinajstić information content (AvgIpc) is 2.95. The third kappa shape index (κ3) is 3.58. The van der Waals surface area contributed by atoms with Crippen molar-refractivity contribution in [1.29, 1.82) is 0 Å². The molecule has 0 atom stereocenters. The van der Waals surface area contributed by atoms with Gasteiger partial charge in [-0.1, -0.05) is 35.0 Å². The maximum atomic E-state index is 4.76. The van der Waals surface area contributed by atoms with E-state index in [2.05, 4.69) is 52.4 Å². The molecule has 0 radical (unpaired) electrons. The Labute approximate surface area is 138 Å². The summed E-state index contributed by atoms with van der Waals surface area (Å²) in [5, 5.41) is 3.46. The molecule has 1 aromatic heterocycles. The smallest absolute Gasteiger partial charge is 0.135 e. The van der Waals surface area contributed by atoms with Crippen molar-refractivity contribution in [2.45, 2.75) is 31.3 Å². The van der Waals surface area contributed by atoms with E-state index in [9.17, 15) is 0 Å². The fourth-order valence-corrected chi connectivity index (χ4v) is 3.66. The quantitative estimate of drug-likeness (QED) is 0.854. The monoisotopic (exact) mass is 363 g/mol. The Morgan fingerprint density at radius 1 is 1.19 bits per heavy atom. The number of hydrogen-bond donors (Lipinski definition) is 1. The van der Waals surface area contributed by atoms with Crippen LogP contribution in [0.4, 0.5) is 5.82 Å². The molecule has 1 N–H and O–H groups in total. The summed E-state index contributed by atoms with van der Waals surface area (Å²) >= 11 is 5.39. The number of nitrogens with one attached hydrogen (secondary N) is 1. The molecular formula is C16H18BrN3S. The molecule has 0 fully saturated rings. The van der Waals surface area contributed by atoms with Crippen LogP contribution in [0.25, 0.3) is 0 Å². The zero-order valence-electron chi connectivity index (χ0n) is 12.0. The Morgan fingerprint density at radius 2 is 2.00 bits per heavy atom. The molecular weight excluding hydrogens is 346 g/mol. The number of nitrogens with zero attached hydrogens (tertiary/aromatic N) is 2. The molecule has 0 aliphatic carbocycles. The second-order valence-corrected chi connectivity index (χ2v) is 7.04. The molecule has 0 saturated heterocycles. The van der Waals surface area contributed by atoms with Crippen LogP contribution in [-0.4, -0.2) is 16.5 Å². The van der Waals surface area contributed by atoms with Gasteiger partial charge in [-0.25, -0.2) is 9.97 Å². The molecule has 0 amide bonds. The molecule has 1 aliphatic heterocycles. The fourth-order valence-electron chi connectivity index (χ4n) is 2.36. The summed E-state index contributed by atoms with van der Waals surface area (Å²) in [6.07, 6.45) is 1.89. The molecule has 2 heterocycles. The number of halogens is 1. The van der Waals surface area contributed by atoms with E-state index in [1.54, 1.807) is 0 Å². The Morgan fingerprint density at radius 3 is 2.76 bits per heavy atom. The predicted octanol–water partition coefficient (Wildman–Crippen LogP) is 4.40. The van der Waals surface area contributed by atoms with Crippen molar-refractivity contribution >= 4 is 33.5 Å². The maximum absolute atomic E-state index is 4.76. The topological polar surface area (TPSA) is 37.8 Å². The van der Waals surface area contributed by atoms with Crippen molar-refractivity contribution in [3.8, 4) is 0 Å². The van der Waals surface area contributed by atoms with Crippen molar-refractivity contribution in [2.24, 2.45) is 0 Å². The van der Waals surface area contributed by atoms with Crippen LogP contribution in [0.15, 0.2) is 28.7 Å². The number of hydrogen-bond acceptors (Lipinski definition) is 4. The van der Waals surface area contributed by atoms with E-state index in [0.717, 1.165) is 47.0 Å². The van der Waals surface area contributed by atoms with Gasteiger partial charge >= 0.3 is 0 Å². The van der Waals surface area contributed by atoms with Crippen LogP contribution in [0.2, 0.25) is 0 Å². The second kappa shape index (κ2) is 6.79. The minimum absolute atomic E-state index is 0.784. The minimum Gasteiger partial charge on any atom is -0.370 e. The number of anilines is 1. The summed E-state index contributed by atoms with van der Waals surface area (Å²) in [5.74, 6) is 3.99. The van der Waals surface area contributed by atoms with Gasteiger partial charge in [0.25, 0.3) is 0 Å². The van der Waals surface area contributed by atoms with E-state index in [0.29, 0.717) is 0 Å². The largest absolute Gasteiger partial charge is 0.370 e. The molecule has 0 saturated carbocycles. The van der Waals surface area contributed by atoms with Gasteiger partial charge in [0.1, 0.15) is 11.6 Å². The van der Waals surface area contributed by atoms with Crippen molar-refractivity contribution in [3.05, 3.63) is 51.4 Å². The lowest BCUT2D eigenvalue weighted by molar-refractivity contribution is 0.905. The molecule has 0 bridgehead atoms. The van der Waals surface area contributed by atoms with Crippen molar-refractivity contribution in [2.75, 3.05) is 11.9 Å². The van der Waals surface area contributed by atoms with Gasteiger partial charge in [-0.05, 0) is 24.1 Å². The summed E-state index contributed by atoms with van der Waals surface area (Å²) in [4.78, 5) is 9.51. The van der Waals surface area contributed by atoms with E-state index in [1.165, 1.54) is 16.8 Å². The molecule has 0 unspecified atom stereocenters. The van der Waals surface area contributed by atoms with Crippen LogP contribution < -0.4 is 5.32 Å². The van der Waals surface area contributed by atoms with Gasteiger partial charge in [0, 0.05) is 34.5 Å². The van der Waals surface area contributed by atoms with E-state index < -0.39 is 0 Å². The normalized spacial score (nSPS) is 13.2. The van der Waals surface area contributed by atoms with Gasteiger partial charge in [0.15, 0.2) is 0 Å². The Balaban J connectivity index is 1.86. The summed E-state index contributed by atoms with van der Waals surface area (Å²) in [6.45, 7) is 3.14. The van der Waals surface area contributed by atoms with E-state index in [4.69, 9.17) is 9.97 Å². The highest BCUT2D eigenvalue weighted by Gasteiger charge is 2.19. The van der Waals surface area contributed by atoms with Crippen LogP contribution in [0.5, 0.6) is 0 Å². The van der Waals surface area contributed by atoms with Gasteiger partial charge in [-0.3, -0.25) is 0 Å². The number of aromatic nitrogens is 2. The summed E-state index contributed by atoms with van der Waals surface area (Å²) in [5.41, 5.74) is 3.75. The molecule has 2 aromatic rings. The summed E-state index contributed by atoms with van der Waals surface area (Å²) < 4.78 is 1.10. The zero-order valence-corrected chi connectivity index (χ0v) is 14.4. The van der Waals surface area contributed by atoms with Crippen molar-refractivity contribution in [1.82, 2.24) is 9.97 Å². The minimum atomic E-state index is 0.784. The summed E-state index contributed by atoms with van der Waals surface area (Å²) in [7, 11) is 0. The van der Waals surface area contributed by atoms with Gasteiger partial charge in [-0.15, -0.1) is 0 Å². The average molecular weight is 364 g/mol. The lowest BCUT2D eigenvalue weighted by Gasteiger charge is -2.11. The summed E-state index contributed by atoms with van der Waals surface area (Å²) in [6, 6.07) is 8.37. The molecule has 21 heavy (non-hydrogen) atoms. The number of thioether (sulfide) groups is 1. The van der Waals surface area contributed by atoms with E-state index in [-0.39, 0.29) is 0 Å². The van der Waals surface area contributed by atoms with Crippen molar-refractivity contribution < 1.29 is 0 Å². The van der Waals surface area contributed by atoms with Crippen LogP contribution in [-0.2, 0) is 17.9 Å². The van der Waals surface area contributed by atoms with Gasteiger partial charge < -0.3 is 5.32 Å². The standard InChI is InChI=1S/C16H18BrN3S/c1-2-7-18-16-13-9-21-10-14(13)19-15(20-16)8-11-3-5-12(17)6-4-11/h3-6H,2,7-10H2,1H3,(H,18,19,20). The van der Waals surface area contributed by atoms with E-state index in [1.807, 2.05) is 11.8 Å². The fraction of sp³-hybridized carbons (Fsp3) is 0.375. The van der Waals surface area contributed by atoms with Crippen LogP contribution in [0, 0.1) is 0 Å². The third-order valence-corrected chi connectivity index (χ3v) is 4.94. The Hall–Kier alpha value is -1.07. The molecule has 1 aromatic carbocycles. The lowest BCUT2D eigenvalue weighted by atomic mass is 10.1. The molecule has 3 nitrogen and oxygen atoms in total. The number of rotatable bonds is 5. The van der Waals surface area contributed by atoms with Crippen molar-refractivity contribution in [3.63, 3.8) is 0 Å². The molecule has 5 heteroatoms. The number of benzene rings is 1. The Kier molecular flexibility index (Phi) is 4.80. The highest BCUT2D eigenvalue weighted by molar-refractivity contribution is 9.10. The lowest BCUT2D eigenvalue weighted by Crippen LogP contribution is -2.10. The highest BCUT2D eigenvalue weighted by atomic mass is 79.9. The first-order chi connectivity index (χ1) is 10.3. The molecule has 110 valence electrons. The first-order valence-electron chi connectivity index (χ1n) is 7.21. The predicted molar refractivity (Wildman–Crippen MR) is 92.8 cm³/mol. The molecule has 3 rings (SSSR count). The van der Waals surface area contributed by atoms with Gasteiger partial charge in [0.2, 0.25) is 0 Å². The third-order valence-electron chi connectivity index (χ3n) is 3.44. The van der Waals surface area contributed by atoms with Crippen LogP contribution in [0.3, 0.4) is 0 Å². The molecule has 1 aliphatic rings. The first-order valence-corrected chi connectivity index (χ1v) is 9.15. The Bertz CT molecular complexity index is 628. The molecule has 0 spiro atoms. The SMILES string of the molecule is CCCNc1nc(Cc2ccc(Br)cc2)nc2c1CSC2. The highest BCUT2D eigenvalue weighted by Crippen LogP contribution is 2.33. The van der Waals surface area contributed by atoms with Gasteiger partial charge in [-0.2, -0.15) is 11.8 Å². The zero-order chi connectivity index (χ0) is 14.7. The van der Waals surface area contributed by atoms with Crippen LogP contribution >= 0.6 is 27.7 Å². The maximum Gasteiger partial charge on any atom is 0.135 e.